The molecular weight excluding hydrogens is 206 g/mol. The highest BCUT2D eigenvalue weighted by atomic mass is 16.4. The standard InChI is InChI=1S/C12H17NO3/c14-12(15)11-10(5-6-16-11)8-13-7-9-3-1-2-4-9/h5-6,9,13H,1-4,7-8H2,(H,14,15). The summed E-state index contributed by atoms with van der Waals surface area (Å²) < 4.78 is 4.91. The molecule has 0 bridgehead atoms. The molecule has 0 spiro atoms. The molecule has 0 radical (unpaired) electrons. The molecular formula is C12H17NO3. The van der Waals surface area contributed by atoms with E-state index in [0.717, 1.165) is 18.0 Å². The Labute approximate surface area is 94.6 Å². The molecule has 0 aromatic carbocycles. The van der Waals surface area contributed by atoms with Crippen LogP contribution in [0.2, 0.25) is 0 Å². The van der Waals surface area contributed by atoms with Crippen molar-refractivity contribution >= 4 is 5.97 Å². The van der Waals surface area contributed by atoms with Gasteiger partial charge in [0.05, 0.1) is 6.26 Å². The number of aromatic carboxylic acids is 1. The first kappa shape index (κ1) is 11.2. The number of nitrogens with one attached hydrogen (secondary N) is 1. The molecule has 0 saturated heterocycles. The molecule has 1 aromatic heterocycles. The summed E-state index contributed by atoms with van der Waals surface area (Å²) >= 11 is 0. The van der Waals surface area contributed by atoms with Gasteiger partial charge in [0.15, 0.2) is 0 Å². The smallest absolute Gasteiger partial charge is 0.372 e. The molecule has 0 aliphatic heterocycles. The first-order chi connectivity index (χ1) is 7.77. The maximum atomic E-state index is 10.8. The lowest BCUT2D eigenvalue weighted by Gasteiger charge is -2.09. The molecule has 1 saturated carbocycles. The molecule has 88 valence electrons. The van der Waals surface area contributed by atoms with E-state index < -0.39 is 5.97 Å². The molecule has 1 fully saturated rings. The van der Waals surface area contributed by atoms with Crippen molar-refractivity contribution in [2.45, 2.75) is 32.2 Å². The molecule has 16 heavy (non-hydrogen) atoms. The predicted molar refractivity (Wildman–Crippen MR) is 59.3 cm³/mol. The predicted octanol–water partition coefficient (Wildman–Crippen LogP) is 2.26. The normalized spacial score (nSPS) is 16.8. The molecule has 4 nitrogen and oxygen atoms in total. The largest absolute Gasteiger partial charge is 0.475 e. The Morgan fingerprint density at radius 3 is 2.94 bits per heavy atom. The van der Waals surface area contributed by atoms with Crippen LogP contribution in [0.4, 0.5) is 0 Å². The third-order valence-corrected chi connectivity index (χ3v) is 3.16. The highest BCUT2D eigenvalue weighted by molar-refractivity contribution is 5.86. The molecule has 1 aliphatic carbocycles. The van der Waals surface area contributed by atoms with Crippen molar-refractivity contribution in [3.63, 3.8) is 0 Å². The average Bonchev–Trinajstić information content (AvgIpc) is 2.87. The first-order valence-electron chi connectivity index (χ1n) is 5.77. The third-order valence-electron chi connectivity index (χ3n) is 3.16. The van der Waals surface area contributed by atoms with Crippen molar-refractivity contribution < 1.29 is 14.3 Å². The minimum atomic E-state index is -0.998. The van der Waals surface area contributed by atoms with Crippen LogP contribution in [0.25, 0.3) is 0 Å². The SMILES string of the molecule is O=C(O)c1occc1CNCC1CCCC1. The van der Waals surface area contributed by atoms with E-state index >= 15 is 0 Å². The van der Waals surface area contributed by atoms with E-state index in [9.17, 15) is 4.79 Å². The summed E-state index contributed by atoms with van der Waals surface area (Å²) in [4.78, 5) is 10.8. The molecule has 1 heterocycles. The topological polar surface area (TPSA) is 62.5 Å². The van der Waals surface area contributed by atoms with Gasteiger partial charge in [-0.1, -0.05) is 12.8 Å². The van der Waals surface area contributed by atoms with Gasteiger partial charge in [-0.3, -0.25) is 0 Å². The van der Waals surface area contributed by atoms with Crippen molar-refractivity contribution in [2.75, 3.05) is 6.54 Å². The van der Waals surface area contributed by atoms with E-state index in [1.165, 1.54) is 31.9 Å². The number of hydrogen-bond donors (Lipinski definition) is 2. The lowest BCUT2D eigenvalue weighted by Crippen LogP contribution is -2.21. The van der Waals surface area contributed by atoms with E-state index in [-0.39, 0.29) is 5.76 Å². The van der Waals surface area contributed by atoms with Crippen LogP contribution in [0.15, 0.2) is 16.7 Å². The first-order valence-corrected chi connectivity index (χ1v) is 5.77. The Morgan fingerprint density at radius 2 is 2.25 bits per heavy atom. The van der Waals surface area contributed by atoms with Crippen LogP contribution in [0.5, 0.6) is 0 Å². The van der Waals surface area contributed by atoms with Gasteiger partial charge in [-0.15, -0.1) is 0 Å². The van der Waals surface area contributed by atoms with Crippen molar-refractivity contribution in [2.24, 2.45) is 5.92 Å². The third kappa shape index (κ3) is 2.64. The van der Waals surface area contributed by atoms with E-state index in [0.29, 0.717) is 6.54 Å². The number of carboxylic acids is 1. The lowest BCUT2D eigenvalue weighted by atomic mass is 10.1. The molecule has 0 unspecified atom stereocenters. The minimum absolute atomic E-state index is 0.0546. The fourth-order valence-corrected chi connectivity index (χ4v) is 2.29. The van der Waals surface area contributed by atoms with Crippen molar-refractivity contribution in [1.82, 2.24) is 5.32 Å². The zero-order valence-corrected chi connectivity index (χ0v) is 9.24. The van der Waals surface area contributed by atoms with Gasteiger partial charge >= 0.3 is 5.97 Å². The van der Waals surface area contributed by atoms with Gasteiger partial charge in [-0.05, 0) is 31.4 Å². The summed E-state index contributed by atoms with van der Waals surface area (Å²) in [6.07, 6.45) is 6.68. The fraction of sp³-hybridized carbons (Fsp3) is 0.583. The molecule has 1 aliphatic rings. The Balaban J connectivity index is 1.80. The van der Waals surface area contributed by atoms with Crippen LogP contribution in [-0.4, -0.2) is 17.6 Å². The molecule has 2 rings (SSSR count). The molecule has 1 aromatic rings. The lowest BCUT2D eigenvalue weighted by molar-refractivity contribution is 0.0660. The van der Waals surface area contributed by atoms with Crippen LogP contribution >= 0.6 is 0 Å². The molecule has 4 heteroatoms. The highest BCUT2D eigenvalue weighted by Crippen LogP contribution is 2.23. The van der Waals surface area contributed by atoms with Crippen molar-refractivity contribution in [3.8, 4) is 0 Å². The van der Waals surface area contributed by atoms with E-state index in [1.54, 1.807) is 6.07 Å². The van der Waals surface area contributed by atoms with Crippen LogP contribution in [0, 0.1) is 5.92 Å². The Kier molecular flexibility index (Phi) is 3.62. The number of furan rings is 1. The number of carbonyl (C=O) groups is 1. The maximum Gasteiger partial charge on any atom is 0.372 e. The van der Waals surface area contributed by atoms with Crippen LogP contribution in [-0.2, 0) is 6.54 Å². The van der Waals surface area contributed by atoms with Crippen LogP contribution in [0.3, 0.4) is 0 Å². The minimum Gasteiger partial charge on any atom is -0.475 e. The summed E-state index contributed by atoms with van der Waals surface area (Å²) in [6, 6.07) is 1.71. The summed E-state index contributed by atoms with van der Waals surface area (Å²) in [7, 11) is 0. The van der Waals surface area contributed by atoms with Crippen LogP contribution in [0.1, 0.15) is 41.8 Å². The quantitative estimate of drug-likeness (QED) is 0.803. The fourth-order valence-electron chi connectivity index (χ4n) is 2.29. The monoisotopic (exact) mass is 223 g/mol. The maximum absolute atomic E-state index is 10.8. The van der Waals surface area contributed by atoms with Crippen LogP contribution < -0.4 is 5.32 Å². The molecule has 0 atom stereocenters. The second-order valence-corrected chi connectivity index (χ2v) is 4.36. The molecule has 2 N–H and O–H groups in total. The van der Waals surface area contributed by atoms with Gasteiger partial charge in [0, 0.05) is 12.1 Å². The number of rotatable bonds is 5. The molecule has 0 amide bonds. The Morgan fingerprint density at radius 1 is 1.50 bits per heavy atom. The van der Waals surface area contributed by atoms with Gasteiger partial charge in [0.2, 0.25) is 5.76 Å². The van der Waals surface area contributed by atoms with Gasteiger partial charge in [0.25, 0.3) is 0 Å². The number of carboxylic acid groups (broad SMARTS) is 1. The summed E-state index contributed by atoms with van der Waals surface area (Å²) in [5.41, 5.74) is 0.727. The van der Waals surface area contributed by atoms with Gasteiger partial charge in [0.1, 0.15) is 0 Å². The van der Waals surface area contributed by atoms with E-state index in [1.807, 2.05) is 0 Å². The van der Waals surface area contributed by atoms with Gasteiger partial charge in [-0.2, -0.15) is 0 Å². The zero-order valence-electron chi connectivity index (χ0n) is 9.24. The zero-order chi connectivity index (χ0) is 11.4. The number of hydrogen-bond acceptors (Lipinski definition) is 3. The summed E-state index contributed by atoms with van der Waals surface area (Å²) in [6.45, 7) is 1.55. The van der Waals surface area contributed by atoms with E-state index in [2.05, 4.69) is 5.32 Å². The van der Waals surface area contributed by atoms with Crippen molar-refractivity contribution in [1.29, 1.82) is 0 Å². The Bertz CT molecular complexity index is 353. The van der Waals surface area contributed by atoms with E-state index in [4.69, 9.17) is 9.52 Å². The summed E-state index contributed by atoms with van der Waals surface area (Å²) in [5.74, 6) is -0.179. The second kappa shape index (κ2) is 5.16. The Hall–Kier alpha value is -1.29. The van der Waals surface area contributed by atoms with Gasteiger partial charge in [-0.25, -0.2) is 4.79 Å². The second-order valence-electron chi connectivity index (χ2n) is 4.36. The summed E-state index contributed by atoms with van der Waals surface area (Å²) in [5, 5.41) is 12.1. The van der Waals surface area contributed by atoms with Crippen molar-refractivity contribution in [3.05, 3.63) is 23.7 Å². The average molecular weight is 223 g/mol. The highest BCUT2D eigenvalue weighted by Gasteiger charge is 2.16. The van der Waals surface area contributed by atoms with Gasteiger partial charge < -0.3 is 14.8 Å².